The molecule has 4 N–H and O–H groups in total. The Bertz CT molecular complexity index is 624. The molecule has 1 heterocycles. The van der Waals surface area contributed by atoms with Gasteiger partial charge in [0.25, 0.3) is 10.0 Å². The van der Waals surface area contributed by atoms with E-state index in [2.05, 4.69) is 14.7 Å². The van der Waals surface area contributed by atoms with Crippen molar-refractivity contribution in [3.8, 4) is 0 Å². The number of H-pyrrole nitrogens is 1. The molecule has 0 saturated carbocycles. The molecule has 2 rings (SSSR count). The van der Waals surface area contributed by atoms with E-state index in [-0.39, 0.29) is 16.5 Å². The van der Waals surface area contributed by atoms with E-state index in [0.717, 1.165) is 18.2 Å². The molecule has 0 saturated heterocycles. The van der Waals surface area contributed by atoms with Crippen molar-refractivity contribution in [2.75, 3.05) is 10.5 Å². The van der Waals surface area contributed by atoms with E-state index in [4.69, 9.17) is 5.73 Å². The molecule has 17 heavy (non-hydrogen) atoms. The van der Waals surface area contributed by atoms with Crippen molar-refractivity contribution in [1.82, 2.24) is 9.97 Å². The first-order valence-electron chi connectivity index (χ1n) is 4.56. The smallest absolute Gasteiger partial charge is 0.266 e. The zero-order chi connectivity index (χ0) is 12.5. The molecule has 0 aliphatic heterocycles. The first-order valence-corrected chi connectivity index (χ1v) is 6.04. The standard InChI is InChI=1S/C9H9FN4O2S/c10-6-1-2-8(7(11)5-6)17(15,16)14-9-12-3-4-13-9/h1-5H,11H2,(H2,12,13,14). The number of aromatic nitrogens is 2. The summed E-state index contributed by atoms with van der Waals surface area (Å²) in [6.07, 6.45) is 2.86. The van der Waals surface area contributed by atoms with Gasteiger partial charge in [-0.2, -0.15) is 0 Å². The van der Waals surface area contributed by atoms with E-state index >= 15 is 0 Å². The van der Waals surface area contributed by atoms with Gasteiger partial charge in [0, 0.05) is 12.4 Å². The summed E-state index contributed by atoms with van der Waals surface area (Å²) >= 11 is 0. The monoisotopic (exact) mass is 256 g/mol. The molecule has 1 aromatic carbocycles. The number of imidazole rings is 1. The number of benzene rings is 1. The molecule has 8 heteroatoms. The minimum atomic E-state index is -3.87. The molecule has 0 radical (unpaired) electrons. The Morgan fingerprint density at radius 2 is 2.18 bits per heavy atom. The van der Waals surface area contributed by atoms with Crippen molar-refractivity contribution in [2.24, 2.45) is 0 Å². The van der Waals surface area contributed by atoms with Gasteiger partial charge in [-0.3, -0.25) is 0 Å². The minimum Gasteiger partial charge on any atom is -0.398 e. The van der Waals surface area contributed by atoms with Gasteiger partial charge in [0.05, 0.1) is 5.69 Å². The maximum absolute atomic E-state index is 12.8. The van der Waals surface area contributed by atoms with Crippen molar-refractivity contribution in [3.63, 3.8) is 0 Å². The summed E-state index contributed by atoms with van der Waals surface area (Å²) in [5.74, 6) is -0.534. The van der Waals surface area contributed by atoms with Crippen LogP contribution in [0.2, 0.25) is 0 Å². The van der Waals surface area contributed by atoms with Gasteiger partial charge >= 0.3 is 0 Å². The number of anilines is 2. The molecular formula is C9H9FN4O2S. The van der Waals surface area contributed by atoms with Gasteiger partial charge < -0.3 is 10.7 Å². The first kappa shape index (κ1) is 11.4. The molecule has 0 fully saturated rings. The van der Waals surface area contributed by atoms with E-state index in [9.17, 15) is 12.8 Å². The lowest BCUT2D eigenvalue weighted by Gasteiger charge is -2.07. The van der Waals surface area contributed by atoms with Crippen molar-refractivity contribution in [3.05, 3.63) is 36.4 Å². The Labute approximate surface area is 96.7 Å². The molecule has 0 aliphatic rings. The molecule has 0 amide bonds. The fourth-order valence-corrected chi connectivity index (χ4v) is 2.36. The predicted molar refractivity (Wildman–Crippen MR) is 60.2 cm³/mol. The maximum atomic E-state index is 12.8. The Morgan fingerprint density at radius 3 is 2.76 bits per heavy atom. The topological polar surface area (TPSA) is 101 Å². The second kappa shape index (κ2) is 4.06. The van der Waals surface area contributed by atoms with Gasteiger partial charge in [-0.25, -0.2) is 22.5 Å². The lowest BCUT2D eigenvalue weighted by Crippen LogP contribution is -2.15. The van der Waals surface area contributed by atoms with E-state index in [0.29, 0.717) is 0 Å². The van der Waals surface area contributed by atoms with E-state index in [1.165, 1.54) is 12.4 Å². The highest BCUT2D eigenvalue weighted by molar-refractivity contribution is 7.92. The molecule has 0 spiro atoms. The number of hydrogen-bond acceptors (Lipinski definition) is 4. The van der Waals surface area contributed by atoms with Crippen molar-refractivity contribution < 1.29 is 12.8 Å². The molecule has 0 aliphatic carbocycles. The Hall–Kier alpha value is -2.09. The normalized spacial score (nSPS) is 11.4. The number of hydrogen-bond donors (Lipinski definition) is 3. The van der Waals surface area contributed by atoms with E-state index in [1.807, 2.05) is 0 Å². The third-order valence-corrected chi connectivity index (χ3v) is 3.40. The second-order valence-electron chi connectivity index (χ2n) is 3.23. The number of nitrogens with zero attached hydrogens (tertiary/aromatic N) is 1. The van der Waals surface area contributed by atoms with Crippen LogP contribution in [0.5, 0.6) is 0 Å². The average Bonchev–Trinajstić information content (AvgIpc) is 2.68. The quantitative estimate of drug-likeness (QED) is 0.711. The van der Waals surface area contributed by atoms with Crippen molar-refractivity contribution in [2.45, 2.75) is 4.90 Å². The summed E-state index contributed by atoms with van der Waals surface area (Å²) in [5.41, 5.74) is 5.28. The zero-order valence-corrected chi connectivity index (χ0v) is 9.33. The number of halogens is 1. The van der Waals surface area contributed by atoms with Crippen LogP contribution in [0.15, 0.2) is 35.5 Å². The summed E-state index contributed by atoms with van der Waals surface area (Å²) in [7, 11) is -3.87. The Balaban J connectivity index is 2.38. The number of nitrogens with two attached hydrogens (primary N) is 1. The zero-order valence-electron chi connectivity index (χ0n) is 8.51. The number of nitrogen functional groups attached to an aromatic ring is 1. The van der Waals surface area contributed by atoms with Crippen molar-refractivity contribution in [1.29, 1.82) is 0 Å². The average molecular weight is 256 g/mol. The van der Waals surface area contributed by atoms with Crippen LogP contribution in [0, 0.1) is 5.82 Å². The number of rotatable bonds is 3. The van der Waals surface area contributed by atoms with Gasteiger partial charge in [-0.1, -0.05) is 0 Å². The third kappa shape index (κ3) is 2.36. The fraction of sp³-hybridized carbons (Fsp3) is 0. The highest BCUT2D eigenvalue weighted by Crippen LogP contribution is 2.20. The number of nitrogens with one attached hydrogen (secondary N) is 2. The SMILES string of the molecule is Nc1cc(F)ccc1S(=O)(=O)Nc1ncc[nH]1. The molecular weight excluding hydrogens is 247 g/mol. The summed E-state index contributed by atoms with van der Waals surface area (Å²) in [4.78, 5) is 6.09. The van der Waals surface area contributed by atoms with Crippen LogP contribution >= 0.6 is 0 Å². The largest absolute Gasteiger partial charge is 0.398 e. The summed E-state index contributed by atoms with van der Waals surface area (Å²) < 4.78 is 38.7. The van der Waals surface area contributed by atoms with Crippen LogP contribution in [0.3, 0.4) is 0 Å². The number of aromatic amines is 1. The lowest BCUT2D eigenvalue weighted by atomic mass is 10.3. The minimum absolute atomic E-state index is 0.0636. The van der Waals surface area contributed by atoms with Crippen LogP contribution in [0.25, 0.3) is 0 Å². The van der Waals surface area contributed by atoms with Crippen LogP contribution in [0.4, 0.5) is 16.0 Å². The molecule has 6 nitrogen and oxygen atoms in total. The van der Waals surface area contributed by atoms with Crippen LogP contribution < -0.4 is 10.5 Å². The van der Waals surface area contributed by atoms with Gasteiger partial charge in [0.15, 0.2) is 0 Å². The van der Waals surface area contributed by atoms with Crippen LogP contribution in [-0.4, -0.2) is 18.4 Å². The highest BCUT2D eigenvalue weighted by atomic mass is 32.2. The van der Waals surface area contributed by atoms with Gasteiger partial charge in [-0.15, -0.1) is 0 Å². The van der Waals surface area contributed by atoms with E-state index < -0.39 is 15.8 Å². The molecule has 0 unspecified atom stereocenters. The van der Waals surface area contributed by atoms with Crippen molar-refractivity contribution >= 4 is 21.7 Å². The summed E-state index contributed by atoms with van der Waals surface area (Å²) in [6.45, 7) is 0. The number of sulfonamides is 1. The maximum Gasteiger partial charge on any atom is 0.266 e. The Kier molecular flexibility index (Phi) is 2.72. The molecule has 1 aromatic heterocycles. The second-order valence-corrected chi connectivity index (χ2v) is 4.88. The lowest BCUT2D eigenvalue weighted by molar-refractivity contribution is 0.600. The molecule has 90 valence electrons. The molecule has 2 aromatic rings. The molecule has 0 bridgehead atoms. The first-order chi connectivity index (χ1) is 7.99. The van der Waals surface area contributed by atoms with E-state index in [1.54, 1.807) is 0 Å². The summed E-state index contributed by atoms with van der Waals surface area (Å²) in [5, 5.41) is 0. The summed E-state index contributed by atoms with van der Waals surface area (Å²) in [6, 6.07) is 3.06. The van der Waals surface area contributed by atoms with Gasteiger partial charge in [0.1, 0.15) is 10.7 Å². The van der Waals surface area contributed by atoms with Gasteiger partial charge in [-0.05, 0) is 18.2 Å². The van der Waals surface area contributed by atoms with Crippen LogP contribution in [0.1, 0.15) is 0 Å². The predicted octanol–water partition coefficient (Wildman–Crippen LogP) is 0.932. The highest BCUT2D eigenvalue weighted by Gasteiger charge is 2.18. The molecule has 0 atom stereocenters. The van der Waals surface area contributed by atoms with Crippen LogP contribution in [-0.2, 0) is 10.0 Å². The fourth-order valence-electron chi connectivity index (χ4n) is 1.27. The van der Waals surface area contributed by atoms with Gasteiger partial charge in [0.2, 0.25) is 5.95 Å². The third-order valence-electron chi connectivity index (χ3n) is 1.99. The Morgan fingerprint density at radius 1 is 1.41 bits per heavy atom.